The van der Waals surface area contributed by atoms with Gasteiger partial charge in [0.1, 0.15) is 11.5 Å². The van der Waals surface area contributed by atoms with E-state index in [4.69, 9.17) is 5.11 Å². The zero-order chi connectivity index (χ0) is 14.0. The Balaban J connectivity index is 2.01. The van der Waals surface area contributed by atoms with Crippen LogP contribution in [0.5, 0.6) is 11.5 Å². The molecule has 1 fully saturated rings. The van der Waals surface area contributed by atoms with Gasteiger partial charge in [0.05, 0.1) is 6.42 Å². The molecule has 0 saturated carbocycles. The van der Waals surface area contributed by atoms with Crippen molar-refractivity contribution in [3.63, 3.8) is 0 Å². The number of rotatable bonds is 3. The molecule has 1 heterocycles. The number of phenolic OH excluding ortho intramolecular Hbond substituents is 2. The number of carbonyl (C=O) groups excluding carboxylic acids is 3. The summed E-state index contributed by atoms with van der Waals surface area (Å²) < 4.78 is 0. The van der Waals surface area contributed by atoms with Crippen molar-refractivity contribution in [2.24, 2.45) is 0 Å². The molecular formula is C12H11NO6. The van der Waals surface area contributed by atoms with Gasteiger partial charge in [-0.25, -0.2) is 4.79 Å². The standard InChI is InChI=1S/C12H11NO6/c14-8-2-1-7(9(15)6-8)5-12(18)19-13-10(16)3-4-11(13)17/h1-2,6,14-15H,3-5H2. The molecule has 7 heteroatoms. The Morgan fingerprint density at radius 3 is 2.42 bits per heavy atom. The molecule has 1 aliphatic rings. The van der Waals surface area contributed by atoms with Gasteiger partial charge in [-0.3, -0.25) is 9.59 Å². The minimum absolute atomic E-state index is 0.0244. The first-order chi connectivity index (χ1) is 8.97. The van der Waals surface area contributed by atoms with Crippen molar-refractivity contribution in [2.45, 2.75) is 19.3 Å². The van der Waals surface area contributed by atoms with Crippen molar-refractivity contribution < 1.29 is 29.4 Å². The van der Waals surface area contributed by atoms with Crippen LogP contribution < -0.4 is 0 Å². The van der Waals surface area contributed by atoms with Crippen molar-refractivity contribution in [3.8, 4) is 11.5 Å². The fourth-order valence-corrected chi connectivity index (χ4v) is 1.65. The van der Waals surface area contributed by atoms with Crippen LogP contribution in [-0.2, 0) is 25.6 Å². The molecule has 1 saturated heterocycles. The summed E-state index contributed by atoms with van der Waals surface area (Å²) in [5, 5.41) is 19.0. The van der Waals surface area contributed by atoms with Crippen LogP contribution in [0, 0.1) is 0 Å². The van der Waals surface area contributed by atoms with E-state index in [-0.39, 0.29) is 36.3 Å². The first kappa shape index (κ1) is 12.9. The first-order valence-electron chi connectivity index (χ1n) is 5.55. The molecule has 7 nitrogen and oxygen atoms in total. The summed E-state index contributed by atoms with van der Waals surface area (Å²) in [6.07, 6.45) is -0.268. The van der Waals surface area contributed by atoms with Gasteiger partial charge < -0.3 is 15.1 Å². The van der Waals surface area contributed by atoms with E-state index in [2.05, 4.69) is 4.84 Å². The third-order valence-corrected chi connectivity index (χ3v) is 2.60. The van der Waals surface area contributed by atoms with Crippen LogP contribution in [0.4, 0.5) is 0 Å². The average Bonchev–Trinajstić information content (AvgIpc) is 2.65. The lowest BCUT2D eigenvalue weighted by molar-refractivity contribution is -0.197. The largest absolute Gasteiger partial charge is 0.508 e. The highest BCUT2D eigenvalue weighted by atomic mass is 16.7. The van der Waals surface area contributed by atoms with Gasteiger partial charge in [0, 0.05) is 24.5 Å². The van der Waals surface area contributed by atoms with E-state index in [0.717, 1.165) is 6.07 Å². The lowest BCUT2D eigenvalue weighted by Gasteiger charge is -2.12. The number of imide groups is 1. The molecule has 0 spiro atoms. The van der Waals surface area contributed by atoms with Gasteiger partial charge in [0.25, 0.3) is 11.8 Å². The van der Waals surface area contributed by atoms with E-state index < -0.39 is 17.8 Å². The highest BCUT2D eigenvalue weighted by Crippen LogP contribution is 2.23. The maximum absolute atomic E-state index is 11.6. The van der Waals surface area contributed by atoms with Crippen LogP contribution in [0.15, 0.2) is 18.2 Å². The molecule has 19 heavy (non-hydrogen) atoms. The fraction of sp³-hybridized carbons (Fsp3) is 0.250. The second kappa shape index (κ2) is 4.97. The quantitative estimate of drug-likeness (QED) is 0.759. The number of aromatic hydroxyl groups is 2. The summed E-state index contributed by atoms with van der Waals surface area (Å²) in [5.74, 6) is -2.37. The van der Waals surface area contributed by atoms with Gasteiger partial charge in [-0.05, 0) is 6.07 Å². The Bertz CT molecular complexity index is 537. The summed E-state index contributed by atoms with van der Waals surface area (Å²) in [7, 11) is 0. The van der Waals surface area contributed by atoms with E-state index in [9.17, 15) is 19.5 Å². The van der Waals surface area contributed by atoms with Gasteiger partial charge in [-0.2, -0.15) is 0 Å². The van der Waals surface area contributed by atoms with Crippen molar-refractivity contribution in [1.82, 2.24) is 5.06 Å². The Morgan fingerprint density at radius 1 is 1.21 bits per heavy atom. The van der Waals surface area contributed by atoms with Gasteiger partial charge in [0.15, 0.2) is 0 Å². The molecule has 1 aromatic rings. The number of hydroxylamine groups is 2. The fourth-order valence-electron chi connectivity index (χ4n) is 1.65. The third kappa shape index (κ3) is 2.82. The Hall–Kier alpha value is -2.57. The van der Waals surface area contributed by atoms with Crippen LogP contribution >= 0.6 is 0 Å². The van der Waals surface area contributed by atoms with Crippen molar-refractivity contribution in [2.75, 3.05) is 0 Å². The minimum Gasteiger partial charge on any atom is -0.508 e. The number of nitrogens with zero attached hydrogens (tertiary/aromatic N) is 1. The summed E-state index contributed by atoms with van der Waals surface area (Å²) in [5.41, 5.74) is 0.224. The van der Waals surface area contributed by atoms with E-state index in [0.29, 0.717) is 5.06 Å². The van der Waals surface area contributed by atoms with Crippen LogP contribution in [0.3, 0.4) is 0 Å². The molecule has 0 aromatic heterocycles. The minimum atomic E-state index is -0.843. The van der Waals surface area contributed by atoms with E-state index >= 15 is 0 Å². The Kier molecular flexibility index (Phi) is 3.37. The molecular weight excluding hydrogens is 254 g/mol. The smallest absolute Gasteiger partial charge is 0.337 e. The zero-order valence-electron chi connectivity index (χ0n) is 9.83. The molecule has 2 rings (SSSR count). The van der Waals surface area contributed by atoms with Gasteiger partial charge in [0.2, 0.25) is 0 Å². The maximum Gasteiger partial charge on any atom is 0.337 e. The lowest BCUT2D eigenvalue weighted by atomic mass is 10.1. The number of hydrogen-bond acceptors (Lipinski definition) is 6. The van der Waals surface area contributed by atoms with Gasteiger partial charge in [-0.1, -0.05) is 6.07 Å². The van der Waals surface area contributed by atoms with Crippen LogP contribution in [0.25, 0.3) is 0 Å². The highest BCUT2D eigenvalue weighted by molar-refractivity contribution is 6.01. The Labute approximate surface area is 108 Å². The molecule has 0 atom stereocenters. The summed E-state index contributed by atoms with van der Waals surface area (Å²) in [6, 6.07) is 3.73. The zero-order valence-corrected chi connectivity index (χ0v) is 9.83. The van der Waals surface area contributed by atoms with Crippen molar-refractivity contribution in [3.05, 3.63) is 23.8 Å². The normalized spacial score (nSPS) is 14.8. The molecule has 0 unspecified atom stereocenters. The molecule has 0 aliphatic carbocycles. The van der Waals surface area contributed by atoms with Crippen molar-refractivity contribution >= 4 is 17.8 Å². The van der Waals surface area contributed by atoms with Crippen LogP contribution in [-0.4, -0.2) is 33.1 Å². The predicted octanol–water partition coefficient (Wildman–Crippen LogP) is 0.247. The van der Waals surface area contributed by atoms with Gasteiger partial charge >= 0.3 is 5.97 Å². The maximum atomic E-state index is 11.6. The average molecular weight is 265 g/mol. The van der Waals surface area contributed by atoms with Crippen LogP contribution in [0.2, 0.25) is 0 Å². The predicted molar refractivity (Wildman–Crippen MR) is 60.7 cm³/mol. The Morgan fingerprint density at radius 2 is 1.84 bits per heavy atom. The topological polar surface area (TPSA) is 104 Å². The molecule has 1 aromatic carbocycles. The molecule has 1 aliphatic heterocycles. The second-order valence-corrected chi connectivity index (χ2v) is 4.03. The summed E-state index contributed by atoms with van der Waals surface area (Å²) in [6.45, 7) is 0. The number of carbonyl (C=O) groups is 3. The number of hydrogen-bond donors (Lipinski definition) is 2. The second-order valence-electron chi connectivity index (χ2n) is 4.03. The summed E-state index contributed by atoms with van der Waals surface area (Å²) >= 11 is 0. The molecule has 2 amide bonds. The third-order valence-electron chi connectivity index (χ3n) is 2.60. The highest BCUT2D eigenvalue weighted by Gasteiger charge is 2.32. The van der Waals surface area contributed by atoms with Crippen LogP contribution in [0.1, 0.15) is 18.4 Å². The van der Waals surface area contributed by atoms with E-state index in [1.807, 2.05) is 0 Å². The SMILES string of the molecule is O=C(Cc1ccc(O)cc1O)ON1C(=O)CCC1=O. The number of amides is 2. The van der Waals surface area contributed by atoms with Crippen molar-refractivity contribution in [1.29, 1.82) is 0 Å². The molecule has 0 radical (unpaired) electrons. The van der Waals surface area contributed by atoms with E-state index in [1.165, 1.54) is 12.1 Å². The molecule has 100 valence electrons. The molecule has 2 N–H and O–H groups in total. The number of benzene rings is 1. The lowest BCUT2D eigenvalue weighted by Crippen LogP contribution is -2.32. The first-order valence-corrected chi connectivity index (χ1v) is 5.55. The summed E-state index contributed by atoms with van der Waals surface area (Å²) in [4.78, 5) is 38.7. The van der Waals surface area contributed by atoms with Gasteiger partial charge in [-0.15, -0.1) is 5.06 Å². The number of phenols is 2. The van der Waals surface area contributed by atoms with E-state index in [1.54, 1.807) is 0 Å². The monoisotopic (exact) mass is 265 g/mol. The molecule has 0 bridgehead atoms.